The predicted molar refractivity (Wildman–Crippen MR) is 112 cm³/mol. The van der Waals surface area contributed by atoms with Gasteiger partial charge < -0.3 is 9.88 Å². The van der Waals surface area contributed by atoms with Gasteiger partial charge in [0.25, 0.3) is 12.3 Å². The van der Waals surface area contributed by atoms with Crippen LogP contribution in [0.5, 0.6) is 0 Å². The fraction of sp³-hybridized carbons (Fsp3) is 0.263. The van der Waals surface area contributed by atoms with Gasteiger partial charge in [0.2, 0.25) is 10.0 Å². The van der Waals surface area contributed by atoms with Gasteiger partial charge in [-0.2, -0.15) is 4.31 Å². The lowest BCUT2D eigenvalue weighted by Crippen LogP contribution is -2.50. The number of rotatable bonds is 4. The molecule has 1 aliphatic rings. The Balaban J connectivity index is 1.49. The molecule has 12 heteroatoms. The van der Waals surface area contributed by atoms with Crippen LogP contribution in [0.3, 0.4) is 0 Å². The second-order valence-electron chi connectivity index (χ2n) is 6.90. The fourth-order valence-electron chi connectivity index (χ4n) is 3.44. The Morgan fingerprint density at radius 1 is 1.06 bits per heavy atom. The molecule has 0 bridgehead atoms. The average Bonchev–Trinajstić information content (AvgIpc) is 3.17. The Hall–Kier alpha value is -2.27. The number of benzene rings is 2. The minimum absolute atomic E-state index is 0.0297. The van der Waals surface area contributed by atoms with Crippen LogP contribution in [0.4, 0.5) is 8.78 Å². The second-order valence-corrected chi connectivity index (χ2v) is 9.59. The van der Waals surface area contributed by atoms with Gasteiger partial charge >= 0.3 is 0 Å². The normalized spacial score (nSPS) is 15.7. The molecule has 2 aromatic carbocycles. The van der Waals surface area contributed by atoms with Crippen molar-refractivity contribution in [3.05, 3.63) is 57.8 Å². The number of piperazine rings is 1. The molecule has 164 valence electrons. The summed E-state index contributed by atoms with van der Waals surface area (Å²) in [5.41, 5.74) is 0.956. The molecule has 1 fully saturated rings. The van der Waals surface area contributed by atoms with Crippen LogP contribution in [0.2, 0.25) is 10.0 Å². The maximum atomic E-state index is 13.0. The van der Waals surface area contributed by atoms with Gasteiger partial charge in [-0.15, -0.1) is 0 Å². The topological polar surface area (TPSA) is 86.4 Å². The number of imidazole rings is 1. The van der Waals surface area contributed by atoms with Crippen LogP contribution in [0, 0.1) is 0 Å². The van der Waals surface area contributed by atoms with Crippen LogP contribution in [0.15, 0.2) is 41.3 Å². The van der Waals surface area contributed by atoms with Gasteiger partial charge in [-0.1, -0.05) is 29.3 Å². The van der Waals surface area contributed by atoms with Crippen molar-refractivity contribution in [1.82, 2.24) is 19.2 Å². The summed E-state index contributed by atoms with van der Waals surface area (Å²) in [6.45, 7) is 0.446. The van der Waals surface area contributed by atoms with Crippen molar-refractivity contribution in [2.24, 2.45) is 0 Å². The van der Waals surface area contributed by atoms with Crippen LogP contribution in [0.1, 0.15) is 22.6 Å². The Morgan fingerprint density at radius 3 is 2.32 bits per heavy atom. The van der Waals surface area contributed by atoms with Crippen molar-refractivity contribution in [2.75, 3.05) is 26.2 Å². The fourth-order valence-corrected chi connectivity index (χ4v) is 5.95. The molecule has 31 heavy (non-hydrogen) atoms. The molecule has 0 unspecified atom stereocenters. The highest BCUT2D eigenvalue weighted by atomic mass is 35.5. The Bertz CT molecular complexity index is 1240. The number of carbonyl (C=O) groups is 1. The molecule has 0 radical (unpaired) electrons. The van der Waals surface area contributed by atoms with Crippen LogP contribution in [0.25, 0.3) is 11.0 Å². The van der Waals surface area contributed by atoms with Gasteiger partial charge in [-0.05, 0) is 30.3 Å². The number of fused-ring (bicyclic) bond motifs is 1. The number of hydrogen-bond acceptors (Lipinski definition) is 4. The number of H-pyrrole nitrogens is 1. The molecule has 1 amide bonds. The van der Waals surface area contributed by atoms with E-state index in [1.54, 1.807) is 6.07 Å². The van der Waals surface area contributed by atoms with Crippen molar-refractivity contribution in [3.63, 3.8) is 0 Å². The summed E-state index contributed by atoms with van der Waals surface area (Å²) in [5, 5.41) is 0.0593. The zero-order valence-corrected chi connectivity index (χ0v) is 18.2. The smallest absolute Gasteiger partial charge is 0.295 e. The maximum absolute atomic E-state index is 13.0. The zero-order chi connectivity index (χ0) is 22.3. The number of alkyl halides is 2. The van der Waals surface area contributed by atoms with Gasteiger partial charge in [-0.3, -0.25) is 4.79 Å². The lowest BCUT2D eigenvalue weighted by atomic mass is 10.1. The number of nitrogens with zero attached hydrogens (tertiary/aromatic N) is 3. The highest BCUT2D eigenvalue weighted by Gasteiger charge is 2.33. The SMILES string of the molecule is O=C(c1ccc2nc(C(F)F)[nH]c2c1)N1CCN(S(=O)(=O)c2c(Cl)cccc2Cl)CC1. The number of hydrogen-bond donors (Lipinski definition) is 1. The summed E-state index contributed by atoms with van der Waals surface area (Å²) in [6, 6.07) is 8.92. The Kier molecular flexibility index (Phi) is 5.91. The van der Waals surface area contributed by atoms with Gasteiger partial charge in [0, 0.05) is 31.7 Å². The largest absolute Gasteiger partial charge is 0.337 e. The van der Waals surface area contributed by atoms with E-state index in [0.29, 0.717) is 16.6 Å². The van der Waals surface area contributed by atoms with E-state index in [1.165, 1.54) is 39.5 Å². The molecule has 0 aliphatic carbocycles. The second kappa shape index (κ2) is 8.34. The molecule has 1 saturated heterocycles. The lowest BCUT2D eigenvalue weighted by molar-refractivity contribution is 0.0698. The van der Waals surface area contributed by atoms with Gasteiger partial charge in [-0.25, -0.2) is 22.2 Å². The standard InChI is InChI=1S/C19H16Cl2F2N4O3S/c20-12-2-1-3-13(21)16(12)31(29,30)27-8-6-26(7-9-27)19(28)11-4-5-14-15(10-11)25-18(24-14)17(22)23/h1-5,10,17H,6-9H2,(H,24,25). The van der Waals surface area contributed by atoms with E-state index >= 15 is 0 Å². The summed E-state index contributed by atoms with van der Waals surface area (Å²) < 4.78 is 52.8. The number of halogens is 4. The molecule has 0 atom stereocenters. The molecule has 1 aromatic heterocycles. The summed E-state index contributed by atoms with van der Waals surface area (Å²) in [6.07, 6.45) is -2.74. The van der Waals surface area contributed by atoms with Crippen LogP contribution in [-0.4, -0.2) is 59.7 Å². The van der Waals surface area contributed by atoms with E-state index in [4.69, 9.17) is 23.2 Å². The molecule has 0 spiro atoms. The Morgan fingerprint density at radius 2 is 1.71 bits per heavy atom. The molecule has 1 N–H and O–H groups in total. The zero-order valence-electron chi connectivity index (χ0n) is 15.9. The molecular weight excluding hydrogens is 473 g/mol. The van der Waals surface area contributed by atoms with E-state index in [9.17, 15) is 22.0 Å². The number of carbonyl (C=O) groups excluding carboxylic acids is 1. The molecule has 3 aromatic rings. The maximum Gasteiger partial charge on any atom is 0.295 e. The highest BCUT2D eigenvalue weighted by molar-refractivity contribution is 7.89. The Labute approximate surface area is 186 Å². The third-order valence-electron chi connectivity index (χ3n) is 5.00. The first-order valence-corrected chi connectivity index (χ1v) is 11.4. The predicted octanol–water partition coefficient (Wildman–Crippen LogP) is 3.95. The number of aromatic nitrogens is 2. The summed E-state index contributed by atoms with van der Waals surface area (Å²) in [4.78, 5) is 20.5. The third-order valence-corrected chi connectivity index (χ3v) is 7.85. The van der Waals surface area contributed by atoms with Crippen molar-refractivity contribution < 1.29 is 22.0 Å². The number of aromatic amines is 1. The summed E-state index contributed by atoms with van der Waals surface area (Å²) in [7, 11) is -3.92. The monoisotopic (exact) mass is 488 g/mol. The van der Waals surface area contributed by atoms with Crippen molar-refractivity contribution in [2.45, 2.75) is 11.3 Å². The van der Waals surface area contributed by atoms with E-state index in [2.05, 4.69) is 9.97 Å². The van der Waals surface area contributed by atoms with E-state index in [0.717, 1.165) is 0 Å². The molecule has 4 rings (SSSR count). The number of amides is 1. The highest BCUT2D eigenvalue weighted by Crippen LogP contribution is 2.32. The first-order chi connectivity index (χ1) is 14.7. The minimum atomic E-state index is -3.92. The quantitative estimate of drug-likeness (QED) is 0.602. The summed E-state index contributed by atoms with van der Waals surface area (Å²) in [5.74, 6) is -0.792. The number of nitrogens with one attached hydrogen (secondary N) is 1. The summed E-state index contributed by atoms with van der Waals surface area (Å²) >= 11 is 12.1. The van der Waals surface area contributed by atoms with E-state index < -0.39 is 22.3 Å². The molecule has 2 heterocycles. The van der Waals surface area contributed by atoms with Crippen molar-refractivity contribution >= 4 is 50.2 Å². The molecule has 0 saturated carbocycles. The molecule has 1 aliphatic heterocycles. The van der Waals surface area contributed by atoms with E-state index in [-0.39, 0.29) is 47.0 Å². The van der Waals surface area contributed by atoms with Crippen LogP contribution in [-0.2, 0) is 10.0 Å². The first kappa shape index (κ1) is 21.9. The van der Waals surface area contributed by atoms with Gasteiger partial charge in [0.15, 0.2) is 5.82 Å². The van der Waals surface area contributed by atoms with Crippen LogP contribution < -0.4 is 0 Å². The van der Waals surface area contributed by atoms with Gasteiger partial charge in [0.1, 0.15) is 4.90 Å². The number of sulfonamides is 1. The van der Waals surface area contributed by atoms with Crippen molar-refractivity contribution in [1.29, 1.82) is 0 Å². The first-order valence-electron chi connectivity index (χ1n) is 9.20. The lowest BCUT2D eigenvalue weighted by Gasteiger charge is -2.34. The average molecular weight is 489 g/mol. The van der Waals surface area contributed by atoms with Gasteiger partial charge in [0.05, 0.1) is 21.1 Å². The molecule has 7 nitrogen and oxygen atoms in total. The molecular formula is C19H16Cl2F2N4O3S. The van der Waals surface area contributed by atoms with Crippen molar-refractivity contribution in [3.8, 4) is 0 Å². The third kappa shape index (κ3) is 4.12. The van der Waals surface area contributed by atoms with Crippen LogP contribution >= 0.6 is 23.2 Å². The van der Waals surface area contributed by atoms with E-state index in [1.807, 2.05) is 0 Å². The minimum Gasteiger partial charge on any atom is -0.337 e.